The number of pyridine rings is 1. The molecule has 2 N–H and O–H groups in total. The Kier molecular flexibility index (Phi) is 5.53. The highest BCUT2D eigenvalue weighted by molar-refractivity contribution is 6.00. The quantitative estimate of drug-likeness (QED) is 0.341. The Bertz CT molecular complexity index is 1450. The number of benzene rings is 3. The zero-order chi connectivity index (χ0) is 22.8. The van der Waals surface area contributed by atoms with Crippen molar-refractivity contribution in [1.29, 1.82) is 0 Å². The van der Waals surface area contributed by atoms with Crippen molar-refractivity contribution in [3.05, 3.63) is 102 Å². The molecule has 164 valence electrons. The maximum Gasteiger partial charge on any atom is 0.270 e. The third-order valence-corrected chi connectivity index (χ3v) is 5.82. The number of carbonyl (C=O) groups is 1. The van der Waals surface area contributed by atoms with Crippen LogP contribution in [0.4, 0.5) is 5.69 Å². The number of aromatic nitrogens is 2. The molecule has 0 aliphatic rings. The van der Waals surface area contributed by atoms with Crippen molar-refractivity contribution in [2.24, 2.45) is 0 Å². The van der Waals surface area contributed by atoms with Gasteiger partial charge in [0.15, 0.2) is 0 Å². The number of fused-ring (bicyclic) bond motifs is 2. The SMILES string of the molecule is Cc1ccc(-c2nc3ccc(C)cn3c2C(=O)NCCNc2cccc3ccccc23)cc1. The molecule has 0 saturated heterocycles. The first-order valence-electron chi connectivity index (χ1n) is 11.2. The Hall–Kier alpha value is -4.12. The second-order valence-electron chi connectivity index (χ2n) is 8.32. The lowest BCUT2D eigenvalue weighted by molar-refractivity contribution is 0.0950. The van der Waals surface area contributed by atoms with Gasteiger partial charge in [-0.25, -0.2) is 4.98 Å². The van der Waals surface area contributed by atoms with E-state index in [4.69, 9.17) is 4.98 Å². The van der Waals surface area contributed by atoms with Crippen molar-refractivity contribution in [2.45, 2.75) is 13.8 Å². The summed E-state index contributed by atoms with van der Waals surface area (Å²) in [5.74, 6) is -0.136. The minimum Gasteiger partial charge on any atom is -0.383 e. The minimum absolute atomic E-state index is 0.136. The highest BCUT2D eigenvalue weighted by Gasteiger charge is 2.20. The summed E-state index contributed by atoms with van der Waals surface area (Å²) in [6.07, 6.45) is 1.96. The molecular formula is C28H26N4O. The largest absolute Gasteiger partial charge is 0.383 e. The summed E-state index contributed by atoms with van der Waals surface area (Å²) in [7, 11) is 0. The molecule has 5 heteroatoms. The molecule has 0 fully saturated rings. The van der Waals surface area contributed by atoms with Crippen LogP contribution < -0.4 is 10.6 Å². The van der Waals surface area contributed by atoms with Crippen LogP contribution in [0.15, 0.2) is 85.1 Å². The average molecular weight is 435 g/mol. The van der Waals surface area contributed by atoms with Crippen molar-refractivity contribution in [3.63, 3.8) is 0 Å². The zero-order valence-corrected chi connectivity index (χ0v) is 18.8. The molecule has 0 aliphatic heterocycles. The van der Waals surface area contributed by atoms with Gasteiger partial charge >= 0.3 is 0 Å². The lowest BCUT2D eigenvalue weighted by Crippen LogP contribution is -2.30. The number of hydrogen-bond acceptors (Lipinski definition) is 3. The number of carbonyl (C=O) groups excluding carboxylic acids is 1. The third-order valence-electron chi connectivity index (χ3n) is 5.82. The fourth-order valence-electron chi connectivity index (χ4n) is 4.12. The van der Waals surface area contributed by atoms with Crippen LogP contribution in [0.3, 0.4) is 0 Å². The van der Waals surface area contributed by atoms with E-state index in [-0.39, 0.29) is 5.91 Å². The maximum absolute atomic E-state index is 13.3. The summed E-state index contributed by atoms with van der Waals surface area (Å²) in [4.78, 5) is 18.1. The van der Waals surface area contributed by atoms with Crippen LogP contribution in [0.25, 0.3) is 27.7 Å². The van der Waals surface area contributed by atoms with Crippen molar-refractivity contribution in [2.75, 3.05) is 18.4 Å². The first-order chi connectivity index (χ1) is 16.1. The fraction of sp³-hybridized carbons (Fsp3) is 0.143. The number of nitrogens with one attached hydrogen (secondary N) is 2. The Morgan fingerprint density at radius 3 is 2.45 bits per heavy atom. The molecule has 3 aromatic carbocycles. The lowest BCUT2D eigenvalue weighted by Gasteiger charge is -2.11. The lowest BCUT2D eigenvalue weighted by atomic mass is 10.1. The number of anilines is 1. The van der Waals surface area contributed by atoms with Gasteiger partial charge in [-0.15, -0.1) is 0 Å². The molecule has 0 radical (unpaired) electrons. The Balaban J connectivity index is 1.37. The molecule has 2 aromatic heterocycles. The molecule has 0 bridgehead atoms. The molecule has 0 atom stereocenters. The highest BCUT2D eigenvalue weighted by atomic mass is 16.1. The molecule has 5 rings (SSSR count). The van der Waals surface area contributed by atoms with Gasteiger partial charge in [0.05, 0.1) is 0 Å². The normalized spacial score (nSPS) is 11.1. The van der Waals surface area contributed by atoms with Gasteiger partial charge in [0.25, 0.3) is 5.91 Å². The number of aryl methyl sites for hydroxylation is 2. The average Bonchev–Trinajstić information content (AvgIpc) is 3.21. The van der Waals surface area contributed by atoms with Gasteiger partial charge in [0, 0.05) is 35.9 Å². The zero-order valence-electron chi connectivity index (χ0n) is 18.8. The molecule has 0 aliphatic carbocycles. The Morgan fingerprint density at radius 1 is 0.848 bits per heavy atom. The maximum atomic E-state index is 13.3. The van der Waals surface area contributed by atoms with Crippen LogP contribution >= 0.6 is 0 Å². The Morgan fingerprint density at radius 2 is 1.61 bits per heavy atom. The highest BCUT2D eigenvalue weighted by Crippen LogP contribution is 2.26. The van der Waals surface area contributed by atoms with Crippen molar-refractivity contribution in [3.8, 4) is 11.3 Å². The van der Waals surface area contributed by atoms with Crippen molar-refractivity contribution in [1.82, 2.24) is 14.7 Å². The number of nitrogens with zero attached hydrogens (tertiary/aromatic N) is 2. The van der Waals surface area contributed by atoms with E-state index in [1.54, 1.807) is 0 Å². The molecule has 5 aromatic rings. The van der Waals surface area contributed by atoms with Crippen LogP contribution in [0.1, 0.15) is 21.6 Å². The van der Waals surface area contributed by atoms with Gasteiger partial charge in [-0.2, -0.15) is 0 Å². The van der Waals surface area contributed by atoms with Crippen LogP contribution in [-0.2, 0) is 0 Å². The number of hydrogen-bond donors (Lipinski definition) is 2. The van der Waals surface area contributed by atoms with Gasteiger partial charge in [-0.3, -0.25) is 9.20 Å². The summed E-state index contributed by atoms with van der Waals surface area (Å²) >= 11 is 0. The van der Waals surface area contributed by atoms with Gasteiger partial charge in [0.2, 0.25) is 0 Å². The van der Waals surface area contributed by atoms with Crippen LogP contribution in [0.2, 0.25) is 0 Å². The molecule has 33 heavy (non-hydrogen) atoms. The smallest absolute Gasteiger partial charge is 0.270 e. The molecule has 1 amide bonds. The molecule has 5 nitrogen and oxygen atoms in total. The number of amides is 1. The van der Waals surface area contributed by atoms with Gasteiger partial charge in [-0.05, 0) is 36.9 Å². The Labute approximate surface area is 193 Å². The summed E-state index contributed by atoms with van der Waals surface area (Å²) in [6, 6.07) is 26.6. The van der Waals surface area contributed by atoms with Gasteiger partial charge < -0.3 is 10.6 Å². The fourth-order valence-corrected chi connectivity index (χ4v) is 4.12. The number of rotatable bonds is 6. The third kappa shape index (κ3) is 4.17. The van der Waals surface area contributed by atoms with E-state index in [9.17, 15) is 4.79 Å². The van der Waals surface area contributed by atoms with E-state index in [2.05, 4.69) is 34.9 Å². The standard InChI is InChI=1S/C28H26N4O/c1-19-10-13-22(14-11-19)26-27(32-18-20(2)12-15-25(32)31-26)28(33)30-17-16-29-24-9-5-7-21-6-3-4-8-23(21)24/h3-15,18,29H,16-17H2,1-2H3,(H,30,33). The summed E-state index contributed by atoms with van der Waals surface area (Å²) < 4.78 is 1.89. The first-order valence-corrected chi connectivity index (χ1v) is 11.2. The van der Waals surface area contributed by atoms with Crippen LogP contribution in [0.5, 0.6) is 0 Å². The molecule has 0 saturated carbocycles. The van der Waals surface area contributed by atoms with E-state index in [1.807, 2.05) is 79.0 Å². The first kappa shape index (κ1) is 20.8. The van der Waals surface area contributed by atoms with Gasteiger partial charge in [0.1, 0.15) is 17.0 Å². The van der Waals surface area contributed by atoms with E-state index in [1.165, 1.54) is 16.3 Å². The summed E-state index contributed by atoms with van der Waals surface area (Å²) in [5, 5.41) is 8.89. The second kappa shape index (κ2) is 8.79. The monoisotopic (exact) mass is 434 g/mol. The second-order valence-corrected chi connectivity index (χ2v) is 8.32. The topological polar surface area (TPSA) is 58.4 Å². The van der Waals surface area contributed by atoms with E-state index in [0.29, 0.717) is 24.5 Å². The van der Waals surface area contributed by atoms with Crippen LogP contribution in [-0.4, -0.2) is 28.4 Å². The van der Waals surface area contributed by atoms with E-state index in [0.717, 1.165) is 22.5 Å². The molecule has 2 heterocycles. The molecule has 0 spiro atoms. The minimum atomic E-state index is -0.136. The van der Waals surface area contributed by atoms with E-state index >= 15 is 0 Å². The molecular weight excluding hydrogens is 408 g/mol. The summed E-state index contributed by atoms with van der Waals surface area (Å²) in [5.41, 5.74) is 6.25. The summed E-state index contributed by atoms with van der Waals surface area (Å²) in [6.45, 7) is 5.18. The van der Waals surface area contributed by atoms with Crippen molar-refractivity contribution < 1.29 is 4.79 Å². The van der Waals surface area contributed by atoms with E-state index < -0.39 is 0 Å². The van der Waals surface area contributed by atoms with Crippen molar-refractivity contribution >= 4 is 28.0 Å². The predicted octanol–water partition coefficient (Wildman–Crippen LogP) is 5.61. The van der Waals surface area contributed by atoms with Crippen LogP contribution in [0, 0.1) is 13.8 Å². The predicted molar refractivity (Wildman–Crippen MR) is 135 cm³/mol. The van der Waals surface area contributed by atoms with Gasteiger partial charge in [-0.1, -0.05) is 72.3 Å². The number of imidazole rings is 1. The molecule has 0 unspecified atom stereocenters.